The molecule has 0 saturated heterocycles. The summed E-state index contributed by atoms with van der Waals surface area (Å²) in [6.07, 6.45) is 2.87. The van der Waals surface area contributed by atoms with Crippen LogP contribution in [0.25, 0.3) is 11.4 Å². The first-order valence-electron chi connectivity index (χ1n) is 9.44. The molecule has 166 valence electrons. The van der Waals surface area contributed by atoms with Crippen molar-refractivity contribution in [2.45, 2.75) is 0 Å². The van der Waals surface area contributed by atoms with Crippen molar-refractivity contribution < 1.29 is 28.9 Å². The molecule has 0 bridgehead atoms. The lowest BCUT2D eigenvalue weighted by molar-refractivity contribution is -0.115. The van der Waals surface area contributed by atoms with Gasteiger partial charge >= 0.3 is 0 Å². The number of hydrogen-bond donors (Lipinski definition) is 3. The minimum absolute atomic E-state index is 0.103. The fourth-order valence-corrected chi connectivity index (χ4v) is 2.87. The number of hydrogen-bond acceptors (Lipinski definition) is 8. The summed E-state index contributed by atoms with van der Waals surface area (Å²) in [4.78, 5) is 33.0. The molecular formula is C22H22N4O6. The quantitative estimate of drug-likeness (QED) is 0.488. The topological polar surface area (TPSA) is 132 Å². The molecule has 2 aromatic carbocycles. The molecule has 1 heterocycles. The number of aromatic hydroxyl groups is 1. The number of methoxy groups -OCH3 is 3. The molecule has 32 heavy (non-hydrogen) atoms. The number of carbonyl (C=O) groups excluding carboxylic acids is 2. The maximum Gasteiger partial charge on any atom is 0.251 e. The van der Waals surface area contributed by atoms with Crippen LogP contribution in [-0.4, -0.2) is 54.8 Å². The minimum Gasteiger partial charge on any atom is -0.508 e. The third kappa shape index (κ3) is 5.22. The molecule has 0 atom stereocenters. The molecule has 2 amide bonds. The van der Waals surface area contributed by atoms with Gasteiger partial charge in [-0.2, -0.15) is 0 Å². The van der Waals surface area contributed by atoms with Crippen molar-refractivity contribution in [1.82, 2.24) is 15.3 Å². The molecular weight excluding hydrogens is 416 g/mol. The number of nitrogens with zero attached hydrogens (tertiary/aromatic N) is 2. The van der Waals surface area contributed by atoms with Crippen LogP contribution in [0.5, 0.6) is 23.0 Å². The Balaban J connectivity index is 1.60. The third-order valence-corrected chi connectivity index (χ3v) is 4.38. The van der Waals surface area contributed by atoms with Crippen molar-refractivity contribution in [2.24, 2.45) is 0 Å². The number of rotatable bonds is 8. The summed E-state index contributed by atoms with van der Waals surface area (Å²) in [5.41, 5.74) is 1.24. The number of anilines is 1. The van der Waals surface area contributed by atoms with Gasteiger partial charge in [-0.15, -0.1) is 0 Å². The number of phenolic OH excluding ortho intramolecular Hbond substituents is 1. The van der Waals surface area contributed by atoms with E-state index < -0.39 is 11.8 Å². The van der Waals surface area contributed by atoms with E-state index in [1.54, 1.807) is 18.2 Å². The van der Waals surface area contributed by atoms with Crippen molar-refractivity contribution in [3.05, 3.63) is 54.4 Å². The number of nitrogens with one attached hydrogen (secondary N) is 2. The van der Waals surface area contributed by atoms with E-state index in [2.05, 4.69) is 20.6 Å². The van der Waals surface area contributed by atoms with Gasteiger partial charge in [0, 0.05) is 11.1 Å². The second-order valence-corrected chi connectivity index (χ2v) is 6.49. The molecule has 0 fully saturated rings. The molecule has 0 radical (unpaired) electrons. The number of ether oxygens (including phenoxy) is 3. The first-order valence-corrected chi connectivity index (χ1v) is 9.44. The summed E-state index contributed by atoms with van der Waals surface area (Å²) in [5, 5.41) is 14.7. The molecule has 10 nitrogen and oxygen atoms in total. The zero-order valence-electron chi connectivity index (χ0n) is 17.7. The van der Waals surface area contributed by atoms with Crippen LogP contribution in [0.15, 0.2) is 48.8 Å². The molecule has 1 aromatic heterocycles. The van der Waals surface area contributed by atoms with Crippen LogP contribution in [0, 0.1) is 0 Å². The van der Waals surface area contributed by atoms with E-state index in [0.717, 1.165) is 0 Å². The van der Waals surface area contributed by atoms with Gasteiger partial charge in [-0.1, -0.05) is 12.1 Å². The summed E-state index contributed by atoms with van der Waals surface area (Å²) >= 11 is 0. The summed E-state index contributed by atoms with van der Waals surface area (Å²) in [7, 11) is 4.35. The van der Waals surface area contributed by atoms with E-state index in [4.69, 9.17) is 14.2 Å². The van der Waals surface area contributed by atoms with Crippen LogP contribution in [0.2, 0.25) is 0 Å². The van der Waals surface area contributed by atoms with Crippen LogP contribution in [-0.2, 0) is 4.79 Å². The fraction of sp³-hybridized carbons (Fsp3) is 0.182. The highest BCUT2D eigenvalue weighted by atomic mass is 16.5. The minimum atomic E-state index is -0.491. The number of benzene rings is 2. The van der Waals surface area contributed by atoms with Crippen LogP contribution < -0.4 is 24.8 Å². The van der Waals surface area contributed by atoms with Gasteiger partial charge in [-0.3, -0.25) is 9.59 Å². The Labute approximate surface area is 184 Å². The Kier molecular flexibility index (Phi) is 7.06. The van der Waals surface area contributed by atoms with Crippen molar-refractivity contribution in [3.63, 3.8) is 0 Å². The lowest BCUT2D eigenvalue weighted by Crippen LogP contribution is -2.33. The number of amides is 2. The maximum absolute atomic E-state index is 12.5. The number of aromatic nitrogens is 2. The molecule has 10 heteroatoms. The lowest BCUT2D eigenvalue weighted by atomic mass is 10.1. The van der Waals surface area contributed by atoms with E-state index in [-0.39, 0.29) is 17.9 Å². The Hall–Kier alpha value is -4.34. The fourth-order valence-electron chi connectivity index (χ4n) is 2.87. The second kappa shape index (κ2) is 10.1. The Morgan fingerprint density at radius 2 is 1.62 bits per heavy atom. The largest absolute Gasteiger partial charge is 0.508 e. The highest BCUT2D eigenvalue weighted by Gasteiger charge is 2.17. The van der Waals surface area contributed by atoms with E-state index >= 15 is 0 Å². The first kappa shape index (κ1) is 22.3. The zero-order valence-corrected chi connectivity index (χ0v) is 17.7. The zero-order chi connectivity index (χ0) is 23.1. The molecule has 0 saturated carbocycles. The lowest BCUT2D eigenvalue weighted by Gasteiger charge is -2.14. The molecule has 3 N–H and O–H groups in total. The van der Waals surface area contributed by atoms with Gasteiger partial charge in [-0.25, -0.2) is 9.97 Å². The van der Waals surface area contributed by atoms with Crippen LogP contribution in [0.4, 0.5) is 5.69 Å². The van der Waals surface area contributed by atoms with E-state index in [1.165, 1.54) is 51.9 Å². The van der Waals surface area contributed by atoms with Gasteiger partial charge in [0.1, 0.15) is 5.75 Å². The Bertz CT molecular complexity index is 1090. The normalized spacial score (nSPS) is 10.2. The van der Waals surface area contributed by atoms with Crippen molar-refractivity contribution in [2.75, 3.05) is 33.2 Å². The number of carbonyl (C=O) groups is 2. The first-order chi connectivity index (χ1) is 15.4. The predicted molar refractivity (Wildman–Crippen MR) is 116 cm³/mol. The molecule has 0 aliphatic rings. The van der Waals surface area contributed by atoms with Gasteiger partial charge in [0.15, 0.2) is 17.3 Å². The standard InChI is InChI=1S/C22H22N4O6/c1-30-17-8-14(9-18(31-2)20(17)32-3)22(29)25-12-19(28)26-15-10-23-21(24-11-15)13-5-4-6-16(27)7-13/h4-11,27H,12H2,1-3H3,(H,25,29)(H,26,28). The maximum atomic E-state index is 12.5. The molecule has 0 aliphatic carbocycles. The summed E-state index contributed by atoms with van der Waals surface area (Å²) in [6.45, 7) is -0.274. The van der Waals surface area contributed by atoms with E-state index in [9.17, 15) is 14.7 Å². The highest BCUT2D eigenvalue weighted by molar-refractivity contribution is 6.00. The van der Waals surface area contributed by atoms with E-state index in [1.807, 2.05) is 0 Å². The predicted octanol–water partition coefficient (Wildman–Crippen LogP) is 2.24. The summed E-state index contributed by atoms with van der Waals surface area (Å²) < 4.78 is 15.7. The molecule has 3 rings (SSSR count). The van der Waals surface area contributed by atoms with Crippen molar-refractivity contribution in [3.8, 4) is 34.4 Å². The average Bonchev–Trinajstić information content (AvgIpc) is 2.81. The van der Waals surface area contributed by atoms with Crippen LogP contribution in [0.3, 0.4) is 0 Å². The van der Waals surface area contributed by atoms with Gasteiger partial charge < -0.3 is 30.0 Å². The Morgan fingerprint density at radius 1 is 0.969 bits per heavy atom. The Morgan fingerprint density at radius 3 is 2.19 bits per heavy atom. The smallest absolute Gasteiger partial charge is 0.251 e. The molecule has 0 unspecified atom stereocenters. The van der Waals surface area contributed by atoms with Crippen LogP contribution in [0.1, 0.15) is 10.4 Å². The summed E-state index contributed by atoms with van der Waals surface area (Å²) in [5.74, 6) is 0.560. The second-order valence-electron chi connectivity index (χ2n) is 6.49. The van der Waals surface area contributed by atoms with Gasteiger partial charge in [-0.05, 0) is 24.3 Å². The van der Waals surface area contributed by atoms with Gasteiger partial charge in [0.2, 0.25) is 11.7 Å². The average molecular weight is 438 g/mol. The van der Waals surface area contributed by atoms with Crippen molar-refractivity contribution in [1.29, 1.82) is 0 Å². The van der Waals surface area contributed by atoms with Crippen molar-refractivity contribution >= 4 is 17.5 Å². The number of phenols is 1. The highest BCUT2D eigenvalue weighted by Crippen LogP contribution is 2.38. The van der Waals surface area contributed by atoms with E-state index in [0.29, 0.717) is 34.3 Å². The molecule has 0 spiro atoms. The van der Waals surface area contributed by atoms with Gasteiger partial charge in [0.05, 0.1) is 46.0 Å². The van der Waals surface area contributed by atoms with Gasteiger partial charge in [0.25, 0.3) is 5.91 Å². The third-order valence-electron chi connectivity index (χ3n) is 4.38. The monoisotopic (exact) mass is 438 g/mol. The molecule has 0 aliphatic heterocycles. The molecule has 3 aromatic rings. The summed E-state index contributed by atoms with van der Waals surface area (Å²) in [6, 6.07) is 9.49. The van der Waals surface area contributed by atoms with Crippen LogP contribution >= 0.6 is 0 Å². The SMILES string of the molecule is COc1cc(C(=O)NCC(=O)Nc2cnc(-c3cccc(O)c3)nc2)cc(OC)c1OC.